The molecular formula is C21H14ClN5O4. The SMILES string of the molecule is O=[N+]([O-])c1ccc(N/N=C/c2c(Cl)n(-c3ccccc3)c3ccccc23)c([N+](=O)[O-])c1. The van der Waals surface area contributed by atoms with Crippen LogP contribution in [0.4, 0.5) is 17.1 Å². The Labute approximate surface area is 180 Å². The molecule has 1 N–H and O–H groups in total. The van der Waals surface area contributed by atoms with E-state index < -0.39 is 15.5 Å². The van der Waals surface area contributed by atoms with Crippen LogP contribution in [-0.4, -0.2) is 20.6 Å². The number of rotatable bonds is 6. The van der Waals surface area contributed by atoms with Crippen molar-refractivity contribution in [1.82, 2.24) is 4.57 Å². The molecule has 1 aromatic heterocycles. The van der Waals surface area contributed by atoms with Crippen molar-refractivity contribution in [3.8, 4) is 5.69 Å². The number of hydrogen-bond acceptors (Lipinski definition) is 6. The summed E-state index contributed by atoms with van der Waals surface area (Å²) in [5.74, 6) is 0. The van der Waals surface area contributed by atoms with Gasteiger partial charge in [-0.15, -0.1) is 0 Å². The lowest BCUT2D eigenvalue weighted by molar-refractivity contribution is -0.393. The zero-order valence-corrected chi connectivity index (χ0v) is 16.6. The third-order valence-electron chi connectivity index (χ3n) is 4.64. The minimum Gasteiger partial charge on any atom is -0.300 e. The van der Waals surface area contributed by atoms with Gasteiger partial charge in [-0.05, 0) is 24.3 Å². The second-order valence-corrected chi connectivity index (χ2v) is 6.84. The fourth-order valence-electron chi connectivity index (χ4n) is 3.23. The quantitative estimate of drug-likeness (QED) is 0.242. The van der Waals surface area contributed by atoms with Gasteiger partial charge in [-0.3, -0.25) is 30.2 Å². The van der Waals surface area contributed by atoms with Crippen LogP contribution in [0.2, 0.25) is 5.15 Å². The largest absolute Gasteiger partial charge is 0.301 e. The first kappa shape index (κ1) is 20.0. The maximum absolute atomic E-state index is 11.3. The van der Waals surface area contributed by atoms with Crippen LogP contribution >= 0.6 is 11.6 Å². The molecule has 0 saturated heterocycles. The first-order valence-corrected chi connectivity index (χ1v) is 9.41. The lowest BCUT2D eigenvalue weighted by Crippen LogP contribution is -1.99. The topological polar surface area (TPSA) is 116 Å². The summed E-state index contributed by atoms with van der Waals surface area (Å²) in [5, 5.41) is 27.5. The van der Waals surface area contributed by atoms with Crippen LogP contribution in [0.1, 0.15) is 5.56 Å². The molecule has 0 spiro atoms. The molecule has 0 atom stereocenters. The van der Waals surface area contributed by atoms with Gasteiger partial charge >= 0.3 is 5.69 Å². The van der Waals surface area contributed by atoms with Crippen LogP contribution in [-0.2, 0) is 0 Å². The first-order chi connectivity index (χ1) is 15.0. The summed E-state index contributed by atoms with van der Waals surface area (Å²) >= 11 is 6.67. The number of non-ortho nitro benzene ring substituents is 1. The molecule has 3 aromatic carbocycles. The van der Waals surface area contributed by atoms with E-state index in [1.54, 1.807) is 0 Å². The summed E-state index contributed by atoms with van der Waals surface area (Å²) < 4.78 is 1.88. The van der Waals surface area contributed by atoms with Gasteiger partial charge in [-0.25, -0.2) is 0 Å². The van der Waals surface area contributed by atoms with Crippen LogP contribution in [0.3, 0.4) is 0 Å². The third kappa shape index (κ3) is 3.81. The van der Waals surface area contributed by atoms with Crippen LogP contribution in [0.25, 0.3) is 16.6 Å². The monoisotopic (exact) mass is 435 g/mol. The van der Waals surface area contributed by atoms with Crippen LogP contribution in [0, 0.1) is 20.2 Å². The number of nitro benzene ring substituents is 2. The highest BCUT2D eigenvalue weighted by atomic mass is 35.5. The van der Waals surface area contributed by atoms with E-state index in [1.807, 2.05) is 59.2 Å². The average molecular weight is 436 g/mol. The molecular weight excluding hydrogens is 422 g/mol. The van der Waals surface area contributed by atoms with Crippen molar-refractivity contribution >= 4 is 45.8 Å². The van der Waals surface area contributed by atoms with Gasteiger partial charge in [0, 0.05) is 22.7 Å². The molecule has 9 nitrogen and oxygen atoms in total. The van der Waals surface area contributed by atoms with Gasteiger partial charge in [0.25, 0.3) is 5.69 Å². The number of nitrogens with zero attached hydrogens (tertiary/aromatic N) is 4. The van der Waals surface area contributed by atoms with Crippen LogP contribution in [0.15, 0.2) is 77.9 Å². The number of fused-ring (bicyclic) bond motifs is 1. The fourth-order valence-corrected chi connectivity index (χ4v) is 3.57. The van der Waals surface area contributed by atoms with E-state index in [0.717, 1.165) is 22.7 Å². The first-order valence-electron chi connectivity index (χ1n) is 9.03. The predicted molar refractivity (Wildman–Crippen MR) is 119 cm³/mol. The second-order valence-electron chi connectivity index (χ2n) is 6.48. The Morgan fingerprint density at radius 2 is 1.65 bits per heavy atom. The summed E-state index contributed by atoms with van der Waals surface area (Å²) in [4.78, 5) is 20.8. The zero-order valence-electron chi connectivity index (χ0n) is 15.8. The highest BCUT2D eigenvalue weighted by Gasteiger charge is 2.19. The summed E-state index contributed by atoms with van der Waals surface area (Å²) in [6.45, 7) is 0. The molecule has 1 heterocycles. The molecule has 0 amide bonds. The molecule has 154 valence electrons. The number of para-hydroxylation sites is 2. The van der Waals surface area contributed by atoms with E-state index in [1.165, 1.54) is 18.3 Å². The Hall–Kier alpha value is -4.24. The molecule has 0 radical (unpaired) electrons. The number of anilines is 1. The van der Waals surface area contributed by atoms with Gasteiger partial charge in [0.2, 0.25) is 0 Å². The molecule has 0 saturated carbocycles. The Balaban J connectivity index is 1.73. The minimum atomic E-state index is -0.709. The molecule has 4 aromatic rings. The summed E-state index contributed by atoms with van der Waals surface area (Å²) in [7, 11) is 0. The maximum Gasteiger partial charge on any atom is 0.301 e. The normalized spacial score (nSPS) is 11.1. The van der Waals surface area contributed by atoms with Crippen molar-refractivity contribution in [3.63, 3.8) is 0 Å². The molecule has 0 fully saturated rings. The standard InChI is InChI=1S/C21H14ClN5O4/c22-21-17(13-23-24-18-11-10-15(26(28)29)12-20(18)27(30)31)16-8-4-5-9-19(16)25(21)14-6-2-1-3-7-14/h1-13,24H/b23-13+. The van der Waals surface area contributed by atoms with Crippen LogP contribution < -0.4 is 5.43 Å². The van der Waals surface area contributed by atoms with Gasteiger partial charge in [-0.2, -0.15) is 5.10 Å². The van der Waals surface area contributed by atoms with Crippen molar-refractivity contribution in [3.05, 3.63) is 104 Å². The summed E-state index contributed by atoms with van der Waals surface area (Å²) in [6.07, 6.45) is 1.47. The van der Waals surface area contributed by atoms with Crippen molar-refractivity contribution < 1.29 is 9.85 Å². The Kier molecular flexibility index (Phi) is 5.33. The van der Waals surface area contributed by atoms with Crippen molar-refractivity contribution in [2.24, 2.45) is 5.10 Å². The van der Waals surface area contributed by atoms with E-state index in [-0.39, 0.29) is 11.4 Å². The van der Waals surface area contributed by atoms with Crippen molar-refractivity contribution in [2.45, 2.75) is 0 Å². The molecule has 0 bridgehead atoms. The molecule has 10 heteroatoms. The highest BCUT2D eigenvalue weighted by Crippen LogP contribution is 2.32. The molecule has 31 heavy (non-hydrogen) atoms. The smallest absolute Gasteiger partial charge is 0.300 e. The highest BCUT2D eigenvalue weighted by molar-refractivity contribution is 6.34. The fraction of sp³-hybridized carbons (Fsp3) is 0. The average Bonchev–Trinajstić information content (AvgIpc) is 3.05. The number of benzene rings is 3. The molecule has 0 unspecified atom stereocenters. The number of halogens is 1. The van der Waals surface area contributed by atoms with Gasteiger partial charge < -0.3 is 0 Å². The molecule has 4 rings (SSSR count). The Bertz CT molecular complexity index is 1330. The van der Waals surface area contributed by atoms with Gasteiger partial charge in [-0.1, -0.05) is 48.0 Å². The number of hydrazone groups is 1. The summed E-state index contributed by atoms with van der Waals surface area (Å²) in [6, 6.07) is 20.5. The predicted octanol–water partition coefficient (Wildman–Crippen LogP) is 5.55. The summed E-state index contributed by atoms with van der Waals surface area (Å²) in [5.41, 5.74) is 4.15. The maximum atomic E-state index is 11.3. The van der Waals surface area contributed by atoms with E-state index >= 15 is 0 Å². The Morgan fingerprint density at radius 3 is 2.35 bits per heavy atom. The van der Waals surface area contributed by atoms with Gasteiger partial charge in [0.05, 0.1) is 27.6 Å². The van der Waals surface area contributed by atoms with E-state index in [0.29, 0.717) is 10.7 Å². The number of nitro groups is 2. The van der Waals surface area contributed by atoms with Crippen molar-refractivity contribution in [2.75, 3.05) is 5.43 Å². The van der Waals surface area contributed by atoms with Crippen LogP contribution in [0.5, 0.6) is 0 Å². The number of aromatic nitrogens is 1. The minimum absolute atomic E-state index is 0.0229. The molecule has 0 aliphatic carbocycles. The second kappa shape index (κ2) is 8.25. The van der Waals surface area contributed by atoms with Gasteiger partial charge in [0.15, 0.2) is 0 Å². The number of nitrogens with one attached hydrogen (secondary N) is 1. The lowest BCUT2D eigenvalue weighted by atomic mass is 10.2. The Morgan fingerprint density at radius 1 is 0.935 bits per heavy atom. The van der Waals surface area contributed by atoms with E-state index in [2.05, 4.69) is 10.5 Å². The van der Waals surface area contributed by atoms with Crippen molar-refractivity contribution in [1.29, 1.82) is 0 Å². The molecule has 0 aliphatic heterocycles. The van der Waals surface area contributed by atoms with Gasteiger partial charge in [0.1, 0.15) is 10.8 Å². The van der Waals surface area contributed by atoms with E-state index in [9.17, 15) is 20.2 Å². The third-order valence-corrected chi connectivity index (χ3v) is 5.01. The van der Waals surface area contributed by atoms with E-state index in [4.69, 9.17) is 11.6 Å². The molecule has 0 aliphatic rings. The number of hydrogen-bond donors (Lipinski definition) is 1. The zero-order chi connectivity index (χ0) is 22.0. The lowest BCUT2D eigenvalue weighted by Gasteiger charge is -2.06.